The summed E-state index contributed by atoms with van der Waals surface area (Å²) in [7, 11) is 2.17. The van der Waals surface area contributed by atoms with Gasteiger partial charge in [0.1, 0.15) is 0 Å². The van der Waals surface area contributed by atoms with Crippen LogP contribution in [0.3, 0.4) is 0 Å². The molecule has 0 fully saturated rings. The third-order valence-corrected chi connectivity index (χ3v) is 1.03. The van der Waals surface area contributed by atoms with Crippen LogP contribution in [0.2, 0.25) is 0 Å². The van der Waals surface area contributed by atoms with E-state index in [1.54, 1.807) is 0 Å². The van der Waals surface area contributed by atoms with Crippen LogP contribution in [0.5, 0.6) is 0 Å². The first-order valence-corrected chi connectivity index (χ1v) is 2.90. The van der Waals surface area contributed by atoms with Crippen molar-refractivity contribution in [3.8, 4) is 0 Å². The molecule has 0 radical (unpaired) electrons. The molecule has 0 bridgehead atoms. The van der Waals surface area contributed by atoms with Crippen LogP contribution in [0.4, 0.5) is 4.39 Å². The van der Waals surface area contributed by atoms with Crippen molar-refractivity contribution in [3.63, 3.8) is 0 Å². The molecular formula is C6H9FO4. The fraction of sp³-hybridized carbons (Fsp3) is 0.667. The lowest BCUT2D eigenvalue weighted by atomic mass is 10.3. The summed E-state index contributed by atoms with van der Waals surface area (Å²) in [5, 5.41) is 0. The van der Waals surface area contributed by atoms with Gasteiger partial charge in [-0.1, -0.05) is 0 Å². The molecule has 0 amide bonds. The minimum absolute atomic E-state index is 0.594. The highest BCUT2D eigenvalue weighted by molar-refractivity contribution is 5.81. The highest BCUT2D eigenvalue weighted by Crippen LogP contribution is 2.00. The Morgan fingerprint density at radius 3 is 2.27 bits per heavy atom. The Morgan fingerprint density at radius 2 is 1.91 bits per heavy atom. The van der Waals surface area contributed by atoms with E-state index >= 15 is 0 Å². The van der Waals surface area contributed by atoms with E-state index in [4.69, 9.17) is 0 Å². The Kier molecular flexibility index (Phi) is 4.17. The summed E-state index contributed by atoms with van der Waals surface area (Å²) in [4.78, 5) is 20.7. The zero-order valence-electron chi connectivity index (χ0n) is 6.30. The summed E-state index contributed by atoms with van der Waals surface area (Å²) in [6.07, 6.45) is -2.52. The van der Waals surface area contributed by atoms with Crippen LogP contribution in [0, 0.1) is 0 Å². The first kappa shape index (κ1) is 9.87. The molecule has 0 N–H and O–H groups in total. The largest absolute Gasteiger partial charge is 0.469 e. The van der Waals surface area contributed by atoms with Crippen molar-refractivity contribution in [2.24, 2.45) is 0 Å². The predicted molar refractivity (Wildman–Crippen MR) is 33.5 cm³/mol. The first-order chi connectivity index (χ1) is 5.11. The van der Waals surface area contributed by atoms with E-state index in [-0.39, 0.29) is 0 Å². The fourth-order valence-corrected chi connectivity index (χ4v) is 0.441. The third-order valence-electron chi connectivity index (χ3n) is 1.03. The van der Waals surface area contributed by atoms with Crippen LogP contribution in [0.1, 0.15) is 6.42 Å². The maximum Gasteiger partial charge on any atom is 0.341 e. The second-order valence-electron chi connectivity index (χ2n) is 1.77. The van der Waals surface area contributed by atoms with Crippen LogP contribution < -0.4 is 0 Å². The average molecular weight is 164 g/mol. The maximum absolute atomic E-state index is 12.5. The van der Waals surface area contributed by atoms with Gasteiger partial charge in [-0.25, -0.2) is 9.18 Å². The SMILES string of the molecule is COC(=O)CC(F)C(=O)OC. The van der Waals surface area contributed by atoms with E-state index in [9.17, 15) is 14.0 Å². The summed E-state index contributed by atoms with van der Waals surface area (Å²) in [5.74, 6) is -1.83. The molecule has 0 aliphatic rings. The monoisotopic (exact) mass is 164 g/mol. The molecule has 64 valence electrons. The van der Waals surface area contributed by atoms with E-state index in [0.717, 1.165) is 14.2 Å². The minimum atomic E-state index is -1.92. The lowest BCUT2D eigenvalue weighted by molar-refractivity contribution is -0.152. The smallest absolute Gasteiger partial charge is 0.341 e. The standard InChI is InChI=1S/C6H9FO4/c1-10-5(8)3-4(7)6(9)11-2/h4H,3H2,1-2H3. The molecule has 11 heavy (non-hydrogen) atoms. The molecule has 0 spiro atoms. The zero-order chi connectivity index (χ0) is 8.85. The van der Waals surface area contributed by atoms with Crippen molar-refractivity contribution in [3.05, 3.63) is 0 Å². The highest BCUT2D eigenvalue weighted by Gasteiger charge is 2.21. The van der Waals surface area contributed by atoms with Crippen LogP contribution in [0.15, 0.2) is 0 Å². The van der Waals surface area contributed by atoms with Gasteiger partial charge in [-0.15, -0.1) is 0 Å². The molecule has 1 unspecified atom stereocenters. The number of rotatable bonds is 3. The number of methoxy groups -OCH3 is 2. The lowest BCUT2D eigenvalue weighted by Gasteiger charge is -2.02. The Morgan fingerprint density at radius 1 is 1.36 bits per heavy atom. The molecular weight excluding hydrogens is 155 g/mol. The van der Waals surface area contributed by atoms with Gasteiger partial charge in [0.2, 0.25) is 6.17 Å². The second kappa shape index (κ2) is 4.65. The number of alkyl halides is 1. The van der Waals surface area contributed by atoms with Crippen LogP contribution in [-0.2, 0) is 19.1 Å². The fourth-order valence-electron chi connectivity index (χ4n) is 0.441. The Bertz CT molecular complexity index is 157. The summed E-state index contributed by atoms with van der Waals surface area (Å²) < 4.78 is 20.6. The van der Waals surface area contributed by atoms with Gasteiger partial charge in [0.15, 0.2) is 0 Å². The number of halogens is 1. The van der Waals surface area contributed by atoms with Gasteiger partial charge in [0.05, 0.1) is 20.6 Å². The molecule has 0 aliphatic carbocycles. The molecule has 5 heteroatoms. The van der Waals surface area contributed by atoms with E-state index in [1.165, 1.54) is 0 Å². The molecule has 0 saturated carbocycles. The summed E-state index contributed by atoms with van der Waals surface area (Å²) in [6, 6.07) is 0. The summed E-state index contributed by atoms with van der Waals surface area (Å²) in [6.45, 7) is 0. The molecule has 0 saturated heterocycles. The van der Waals surface area contributed by atoms with E-state index < -0.39 is 24.5 Å². The summed E-state index contributed by atoms with van der Waals surface area (Å²) in [5.41, 5.74) is 0. The topological polar surface area (TPSA) is 52.6 Å². The Labute approximate surface area is 63.3 Å². The third kappa shape index (κ3) is 3.54. The van der Waals surface area contributed by atoms with E-state index in [0.29, 0.717) is 0 Å². The molecule has 0 heterocycles. The van der Waals surface area contributed by atoms with Crippen LogP contribution in [-0.4, -0.2) is 32.3 Å². The van der Waals surface area contributed by atoms with Crippen molar-refractivity contribution in [1.29, 1.82) is 0 Å². The predicted octanol–water partition coefficient (Wildman–Crippen LogP) is 0.0606. The molecule has 0 aromatic carbocycles. The molecule has 0 rings (SSSR count). The van der Waals surface area contributed by atoms with Crippen LogP contribution in [0.25, 0.3) is 0 Å². The average Bonchev–Trinajstić information content (AvgIpc) is 2.02. The number of hydrogen-bond donors (Lipinski definition) is 0. The first-order valence-electron chi connectivity index (χ1n) is 2.90. The number of carbonyl (C=O) groups is 2. The van der Waals surface area contributed by atoms with Gasteiger partial charge in [0, 0.05) is 0 Å². The molecule has 1 atom stereocenters. The van der Waals surface area contributed by atoms with Gasteiger partial charge in [-0.05, 0) is 0 Å². The number of esters is 2. The van der Waals surface area contributed by atoms with Gasteiger partial charge in [-0.2, -0.15) is 0 Å². The molecule has 0 aliphatic heterocycles. The van der Waals surface area contributed by atoms with Crippen molar-refractivity contribution < 1.29 is 23.5 Å². The highest BCUT2D eigenvalue weighted by atomic mass is 19.1. The molecule has 4 nitrogen and oxygen atoms in total. The van der Waals surface area contributed by atoms with Crippen molar-refractivity contribution >= 4 is 11.9 Å². The zero-order valence-corrected chi connectivity index (χ0v) is 6.30. The second-order valence-corrected chi connectivity index (χ2v) is 1.77. The van der Waals surface area contributed by atoms with Gasteiger partial charge < -0.3 is 9.47 Å². The van der Waals surface area contributed by atoms with Gasteiger partial charge in [-0.3, -0.25) is 4.79 Å². The van der Waals surface area contributed by atoms with Crippen LogP contribution >= 0.6 is 0 Å². The van der Waals surface area contributed by atoms with E-state index in [1.807, 2.05) is 0 Å². The number of carbonyl (C=O) groups excluding carboxylic acids is 2. The van der Waals surface area contributed by atoms with Crippen molar-refractivity contribution in [1.82, 2.24) is 0 Å². The number of hydrogen-bond acceptors (Lipinski definition) is 4. The maximum atomic E-state index is 12.5. The summed E-state index contributed by atoms with van der Waals surface area (Å²) >= 11 is 0. The molecule has 0 aromatic rings. The minimum Gasteiger partial charge on any atom is -0.469 e. The Hall–Kier alpha value is -1.13. The Balaban J connectivity index is 3.77. The lowest BCUT2D eigenvalue weighted by Crippen LogP contribution is -2.21. The van der Waals surface area contributed by atoms with E-state index in [2.05, 4.69) is 9.47 Å². The number of ether oxygens (including phenoxy) is 2. The quantitative estimate of drug-likeness (QED) is 0.553. The van der Waals surface area contributed by atoms with Gasteiger partial charge in [0.25, 0.3) is 0 Å². The molecule has 0 aromatic heterocycles. The van der Waals surface area contributed by atoms with Crippen molar-refractivity contribution in [2.45, 2.75) is 12.6 Å². The van der Waals surface area contributed by atoms with Crippen molar-refractivity contribution in [2.75, 3.05) is 14.2 Å². The van der Waals surface area contributed by atoms with Gasteiger partial charge >= 0.3 is 11.9 Å². The normalized spacial score (nSPS) is 11.9.